The van der Waals surface area contributed by atoms with E-state index in [1.807, 2.05) is 19.1 Å². The quantitative estimate of drug-likeness (QED) is 0.865. The normalized spacial score (nSPS) is 19.6. The predicted octanol–water partition coefficient (Wildman–Crippen LogP) is 3.27. The largest absolute Gasteiger partial charge is 0.489 e. The third-order valence-electron chi connectivity index (χ3n) is 2.79. The van der Waals surface area contributed by atoms with Gasteiger partial charge in [0.05, 0.1) is 13.2 Å². The molecule has 17 heavy (non-hydrogen) atoms. The predicted molar refractivity (Wildman–Crippen MR) is 71.5 cm³/mol. The van der Waals surface area contributed by atoms with Crippen molar-refractivity contribution in [2.75, 3.05) is 13.2 Å². The van der Waals surface area contributed by atoms with Gasteiger partial charge in [0, 0.05) is 15.9 Å². The van der Waals surface area contributed by atoms with Crippen molar-refractivity contribution in [3.8, 4) is 11.5 Å². The first-order chi connectivity index (χ1) is 7.89. The van der Waals surface area contributed by atoms with Crippen LogP contribution >= 0.6 is 15.9 Å². The van der Waals surface area contributed by atoms with E-state index < -0.39 is 0 Å². The maximum atomic E-state index is 5.91. The highest BCUT2D eigenvalue weighted by Crippen LogP contribution is 2.39. The summed E-state index contributed by atoms with van der Waals surface area (Å²) >= 11 is 3.51. The summed E-state index contributed by atoms with van der Waals surface area (Å²) in [7, 11) is 0. The van der Waals surface area contributed by atoms with Crippen molar-refractivity contribution >= 4 is 15.9 Å². The van der Waals surface area contributed by atoms with Gasteiger partial charge in [0.25, 0.3) is 0 Å². The van der Waals surface area contributed by atoms with E-state index in [9.17, 15) is 0 Å². The van der Waals surface area contributed by atoms with Crippen LogP contribution in [0.4, 0.5) is 0 Å². The second kappa shape index (κ2) is 4.50. The maximum absolute atomic E-state index is 5.91. The Kier molecular flexibility index (Phi) is 3.36. The molecule has 1 aromatic carbocycles. The number of halogens is 1. The minimum absolute atomic E-state index is 0.0278. The molecule has 0 spiro atoms. The molecule has 0 radical (unpaired) electrons. The van der Waals surface area contributed by atoms with Crippen LogP contribution in [-0.2, 0) is 0 Å². The Morgan fingerprint density at radius 3 is 2.29 bits per heavy atom. The van der Waals surface area contributed by atoms with Crippen molar-refractivity contribution in [2.24, 2.45) is 11.1 Å². The Hall–Kier alpha value is -0.740. The van der Waals surface area contributed by atoms with Gasteiger partial charge in [-0.15, -0.1) is 0 Å². The molecule has 1 unspecified atom stereocenters. The number of rotatable bonds is 1. The minimum Gasteiger partial charge on any atom is -0.489 e. The topological polar surface area (TPSA) is 44.5 Å². The molecule has 0 bridgehead atoms. The fourth-order valence-electron chi connectivity index (χ4n) is 1.71. The zero-order valence-corrected chi connectivity index (χ0v) is 12.0. The van der Waals surface area contributed by atoms with Crippen LogP contribution in [0.3, 0.4) is 0 Å². The van der Waals surface area contributed by atoms with E-state index in [0.29, 0.717) is 13.2 Å². The molecule has 0 fully saturated rings. The molecule has 1 aliphatic rings. The highest BCUT2D eigenvalue weighted by atomic mass is 79.9. The Balaban J connectivity index is 2.38. The summed E-state index contributed by atoms with van der Waals surface area (Å²) in [6, 6.07) is 3.87. The van der Waals surface area contributed by atoms with Crippen molar-refractivity contribution < 1.29 is 9.47 Å². The van der Waals surface area contributed by atoms with Crippen molar-refractivity contribution in [1.82, 2.24) is 0 Å². The average Bonchev–Trinajstić information content (AvgIpc) is 2.37. The van der Waals surface area contributed by atoms with Crippen LogP contribution in [0, 0.1) is 5.41 Å². The lowest BCUT2D eigenvalue weighted by Gasteiger charge is -2.19. The van der Waals surface area contributed by atoms with Gasteiger partial charge in [0.1, 0.15) is 0 Å². The number of hydrogen-bond acceptors (Lipinski definition) is 3. The molecule has 1 aromatic rings. The van der Waals surface area contributed by atoms with Crippen LogP contribution in [0.2, 0.25) is 0 Å². The summed E-state index contributed by atoms with van der Waals surface area (Å²) in [5.41, 5.74) is 6.98. The molecule has 1 aliphatic heterocycles. The molecule has 2 rings (SSSR count). The summed E-state index contributed by atoms with van der Waals surface area (Å²) in [5.74, 6) is 1.57. The van der Waals surface area contributed by atoms with Crippen LogP contribution in [0.5, 0.6) is 11.5 Å². The summed E-state index contributed by atoms with van der Waals surface area (Å²) in [6.45, 7) is 7.51. The van der Waals surface area contributed by atoms with E-state index in [-0.39, 0.29) is 11.5 Å². The molecule has 0 aliphatic carbocycles. The Morgan fingerprint density at radius 2 is 1.76 bits per heavy atom. The zero-order valence-electron chi connectivity index (χ0n) is 10.4. The van der Waals surface area contributed by atoms with Gasteiger partial charge in [0.15, 0.2) is 11.5 Å². The Morgan fingerprint density at radius 1 is 1.24 bits per heavy atom. The molecule has 3 nitrogen and oxygen atoms in total. The van der Waals surface area contributed by atoms with Crippen molar-refractivity contribution in [1.29, 1.82) is 0 Å². The summed E-state index contributed by atoms with van der Waals surface area (Å²) in [4.78, 5) is 0. The van der Waals surface area contributed by atoms with Crippen LogP contribution in [-0.4, -0.2) is 13.2 Å². The van der Waals surface area contributed by atoms with Gasteiger partial charge in [-0.1, -0.05) is 29.8 Å². The first-order valence-electron chi connectivity index (χ1n) is 5.74. The second-order valence-electron chi connectivity index (χ2n) is 5.35. The number of benzene rings is 1. The third-order valence-corrected chi connectivity index (χ3v) is 3.48. The molecular weight excluding hydrogens is 282 g/mol. The summed E-state index contributed by atoms with van der Waals surface area (Å²) in [6.07, 6.45) is 0. The van der Waals surface area contributed by atoms with Gasteiger partial charge in [-0.3, -0.25) is 0 Å². The van der Waals surface area contributed by atoms with Crippen molar-refractivity contribution in [2.45, 2.75) is 26.8 Å². The first-order valence-corrected chi connectivity index (χ1v) is 6.53. The van der Waals surface area contributed by atoms with Crippen LogP contribution in [0.1, 0.15) is 32.4 Å². The van der Waals surface area contributed by atoms with Crippen LogP contribution < -0.4 is 15.2 Å². The Labute approximate surface area is 110 Å². The monoisotopic (exact) mass is 299 g/mol. The fraction of sp³-hybridized carbons (Fsp3) is 0.538. The number of hydrogen-bond donors (Lipinski definition) is 1. The van der Waals surface area contributed by atoms with Crippen LogP contribution in [0.25, 0.3) is 0 Å². The molecule has 0 saturated heterocycles. The molecule has 94 valence electrons. The lowest BCUT2D eigenvalue weighted by atomic mass is 9.97. The van der Waals surface area contributed by atoms with E-state index in [1.54, 1.807) is 0 Å². The van der Waals surface area contributed by atoms with Crippen molar-refractivity contribution in [3.63, 3.8) is 0 Å². The number of ether oxygens (including phenoxy) is 2. The fourth-order valence-corrected chi connectivity index (χ4v) is 2.40. The van der Waals surface area contributed by atoms with Crippen LogP contribution in [0.15, 0.2) is 16.6 Å². The molecule has 0 saturated carbocycles. The lowest BCUT2D eigenvalue weighted by Crippen LogP contribution is -2.26. The molecule has 1 atom stereocenters. The SMILES string of the molecule is CC(N)c1cc2c(cc1Br)OCC(C)(C)CO2. The number of fused-ring (bicyclic) bond motifs is 1. The summed E-state index contributed by atoms with van der Waals surface area (Å²) in [5, 5.41) is 0. The van der Waals surface area contributed by atoms with E-state index in [4.69, 9.17) is 15.2 Å². The van der Waals surface area contributed by atoms with Gasteiger partial charge >= 0.3 is 0 Å². The molecule has 4 heteroatoms. The van der Waals surface area contributed by atoms with E-state index in [0.717, 1.165) is 21.5 Å². The molecule has 0 aromatic heterocycles. The van der Waals surface area contributed by atoms with Gasteiger partial charge in [-0.25, -0.2) is 0 Å². The van der Waals surface area contributed by atoms with Gasteiger partial charge in [-0.05, 0) is 24.6 Å². The Bertz CT molecular complexity index is 430. The van der Waals surface area contributed by atoms with E-state index in [1.165, 1.54) is 0 Å². The molecule has 2 N–H and O–H groups in total. The molecule has 0 amide bonds. The second-order valence-corrected chi connectivity index (χ2v) is 6.21. The molecule has 1 heterocycles. The average molecular weight is 300 g/mol. The lowest BCUT2D eigenvalue weighted by molar-refractivity contribution is 0.140. The first kappa shape index (κ1) is 12.7. The van der Waals surface area contributed by atoms with Gasteiger partial charge in [0.2, 0.25) is 0 Å². The van der Waals surface area contributed by atoms with Crippen molar-refractivity contribution in [3.05, 3.63) is 22.2 Å². The van der Waals surface area contributed by atoms with Gasteiger partial charge < -0.3 is 15.2 Å². The zero-order chi connectivity index (χ0) is 12.6. The van der Waals surface area contributed by atoms with E-state index in [2.05, 4.69) is 29.8 Å². The minimum atomic E-state index is -0.0328. The molecular formula is C13H18BrNO2. The maximum Gasteiger partial charge on any atom is 0.162 e. The standard InChI is InChI=1S/C13H18BrNO2/c1-8(15)9-4-11-12(5-10(9)14)17-7-13(2,3)6-16-11/h4-5,8H,6-7,15H2,1-3H3. The number of nitrogens with two attached hydrogens (primary N) is 1. The summed E-state index contributed by atoms with van der Waals surface area (Å²) < 4.78 is 12.6. The highest BCUT2D eigenvalue weighted by Gasteiger charge is 2.26. The third kappa shape index (κ3) is 2.75. The van der Waals surface area contributed by atoms with Gasteiger partial charge in [-0.2, -0.15) is 0 Å². The highest BCUT2D eigenvalue weighted by molar-refractivity contribution is 9.10. The van der Waals surface area contributed by atoms with E-state index >= 15 is 0 Å². The smallest absolute Gasteiger partial charge is 0.162 e.